The molecular weight excluding hydrogens is 364 g/mol. The fourth-order valence-electron chi connectivity index (χ4n) is 3.64. The summed E-state index contributed by atoms with van der Waals surface area (Å²) in [5, 5.41) is 13.0. The number of benzene rings is 2. The van der Waals surface area contributed by atoms with Crippen LogP contribution in [0.1, 0.15) is 57.8 Å². The van der Waals surface area contributed by atoms with Gasteiger partial charge in [0.1, 0.15) is 0 Å². The van der Waals surface area contributed by atoms with Crippen LogP contribution in [0.5, 0.6) is 0 Å². The van der Waals surface area contributed by atoms with E-state index in [4.69, 9.17) is 0 Å². The number of aromatic carboxylic acids is 1. The number of carboxylic acid groups (broad SMARTS) is 1. The molecular formula is C25H21O2S-. The average Bonchev–Trinajstić information content (AvgIpc) is 3.21. The zero-order valence-electron chi connectivity index (χ0n) is 15.9. The molecule has 1 aliphatic rings. The molecule has 0 radical (unpaired) electrons. The lowest BCUT2D eigenvalue weighted by Crippen LogP contribution is -2.21. The second-order valence-electron chi connectivity index (χ2n) is 7.73. The number of hydrogen-bond donors (Lipinski definition) is 0. The van der Waals surface area contributed by atoms with Crippen molar-refractivity contribution in [2.24, 2.45) is 0 Å². The van der Waals surface area contributed by atoms with Gasteiger partial charge < -0.3 is 9.90 Å². The van der Waals surface area contributed by atoms with E-state index in [9.17, 15) is 9.90 Å². The molecule has 0 spiro atoms. The molecule has 0 unspecified atom stereocenters. The van der Waals surface area contributed by atoms with Crippen LogP contribution >= 0.6 is 11.3 Å². The van der Waals surface area contributed by atoms with Crippen LogP contribution < -0.4 is 5.11 Å². The van der Waals surface area contributed by atoms with E-state index in [2.05, 4.69) is 61.7 Å². The van der Waals surface area contributed by atoms with Crippen molar-refractivity contribution in [3.05, 3.63) is 98.7 Å². The highest BCUT2D eigenvalue weighted by Crippen LogP contribution is 2.42. The van der Waals surface area contributed by atoms with Gasteiger partial charge in [0.15, 0.2) is 0 Å². The fourth-order valence-corrected chi connectivity index (χ4v) is 4.42. The molecule has 0 fully saturated rings. The zero-order chi connectivity index (χ0) is 19.7. The highest BCUT2D eigenvalue weighted by molar-refractivity contribution is 7.11. The molecule has 0 saturated carbocycles. The molecule has 1 heterocycles. The van der Waals surface area contributed by atoms with Crippen molar-refractivity contribution in [1.29, 1.82) is 0 Å². The van der Waals surface area contributed by atoms with Gasteiger partial charge in [-0.3, -0.25) is 0 Å². The minimum Gasteiger partial charge on any atom is -0.545 e. The third-order valence-electron chi connectivity index (χ3n) is 5.28. The van der Waals surface area contributed by atoms with Crippen LogP contribution in [0.2, 0.25) is 0 Å². The SMILES string of the molecule is CC1(C)CC=C(c2cccs2)c2cc(/C=C/c3ccc(C(=O)[O-])cc3)ccc21. The third-order valence-corrected chi connectivity index (χ3v) is 6.18. The van der Waals surface area contributed by atoms with E-state index in [1.807, 2.05) is 6.08 Å². The standard InChI is InChI=1S/C25H22O2S/c1-25(2)14-13-20(23-4-3-15-28-23)21-16-18(9-12-22(21)25)6-5-17-7-10-19(11-8-17)24(26)27/h3-13,15-16H,14H2,1-2H3,(H,26,27)/p-1/b6-5+. The topological polar surface area (TPSA) is 40.1 Å². The van der Waals surface area contributed by atoms with Gasteiger partial charge in [-0.1, -0.05) is 74.5 Å². The molecule has 0 saturated heterocycles. The Morgan fingerprint density at radius 3 is 2.43 bits per heavy atom. The first-order valence-corrected chi connectivity index (χ1v) is 10.2. The van der Waals surface area contributed by atoms with E-state index in [0.717, 1.165) is 17.5 Å². The Hall–Kier alpha value is -2.91. The summed E-state index contributed by atoms with van der Waals surface area (Å²) in [5.41, 5.74) is 6.40. The van der Waals surface area contributed by atoms with Gasteiger partial charge in [0.2, 0.25) is 0 Å². The van der Waals surface area contributed by atoms with Gasteiger partial charge in [-0.25, -0.2) is 0 Å². The van der Waals surface area contributed by atoms with Gasteiger partial charge in [0.05, 0.1) is 5.97 Å². The number of rotatable bonds is 4. The Kier molecular flexibility index (Phi) is 4.78. The summed E-state index contributed by atoms with van der Waals surface area (Å²) in [4.78, 5) is 12.2. The molecule has 28 heavy (non-hydrogen) atoms. The molecule has 0 atom stereocenters. The van der Waals surface area contributed by atoms with Crippen LogP contribution in [0.4, 0.5) is 0 Å². The van der Waals surface area contributed by atoms with E-state index >= 15 is 0 Å². The lowest BCUT2D eigenvalue weighted by atomic mass is 9.73. The summed E-state index contributed by atoms with van der Waals surface area (Å²) in [6, 6.07) is 17.7. The number of thiophene rings is 1. The van der Waals surface area contributed by atoms with Gasteiger partial charge in [0, 0.05) is 4.88 Å². The maximum Gasteiger partial charge on any atom is 0.0715 e. The lowest BCUT2D eigenvalue weighted by molar-refractivity contribution is -0.255. The Balaban J connectivity index is 1.68. The highest BCUT2D eigenvalue weighted by Gasteiger charge is 2.28. The van der Waals surface area contributed by atoms with Gasteiger partial charge in [-0.2, -0.15) is 0 Å². The number of carbonyl (C=O) groups excluding carboxylic acids is 1. The normalized spacial score (nSPS) is 15.3. The third kappa shape index (κ3) is 3.58. The van der Waals surface area contributed by atoms with Crippen LogP contribution in [0, 0.1) is 0 Å². The van der Waals surface area contributed by atoms with Crippen LogP contribution in [-0.2, 0) is 5.41 Å². The second kappa shape index (κ2) is 7.25. The molecule has 4 rings (SSSR count). The van der Waals surface area contributed by atoms with E-state index in [-0.39, 0.29) is 11.0 Å². The Morgan fingerprint density at radius 1 is 1.04 bits per heavy atom. The molecule has 3 heteroatoms. The minimum atomic E-state index is -1.15. The fraction of sp³-hybridized carbons (Fsp3) is 0.160. The number of hydrogen-bond acceptors (Lipinski definition) is 3. The zero-order valence-corrected chi connectivity index (χ0v) is 16.8. The summed E-state index contributed by atoms with van der Waals surface area (Å²) in [6.45, 7) is 4.59. The molecule has 0 N–H and O–H groups in total. The van der Waals surface area contributed by atoms with Crippen LogP contribution in [0.3, 0.4) is 0 Å². The molecule has 3 aromatic rings. The molecule has 2 nitrogen and oxygen atoms in total. The summed E-state index contributed by atoms with van der Waals surface area (Å²) in [6.07, 6.45) is 7.47. The second-order valence-corrected chi connectivity index (χ2v) is 8.68. The van der Waals surface area contributed by atoms with Crippen LogP contribution in [0.15, 0.2) is 66.1 Å². The Morgan fingerprint density at radius 2 is 1.75 bits per heavy atom. The predicted octanol–water partition coefficient (Wildman–Crippen LogP) is 5.40. The van der Waals surface area contributed by atoms with Gasteiger partial charge >= 0.3 is 0 Å². The largest absolute Gasteiger partial charge is 0.545 e. The summed E-state index contributed by atoms with van der Waals surface area (Å²) in [5.74, 6) is -1.15. The molecule has 0 amide bonds. The molecule has 2 aromatic carbocycles. The van der Waals surface area contributed by atoms with Crippen molar-refractivity contribution in [3.8, 4) is 0 Å². The minimum absolute atomic E-state index is 0.124. The molecule has 1 aliphatic carbocycles. The maximum absolute atomic E-state index is 10.9. The van der Waals surface area contributed by atoms with Crippen molar-refractivity contribution in [2.45, 2.75) is 25.7 Å². The average molecular weight is 386 g/mol. The smallest absolute Gasteiger partial charge is 0.0715 e. The van der Waals surface area contributed by atoms with Crippen molar-refractivity contribution in [2.75, 3.05) is 0 Å². The molecule has 1 aromatic heterocycles. The van der Waals surface area contributed by atoms with E-state index < -0.39 is 5.97 Å². The summed E-state index contributed by atoms with van der Waals surface area (Å²) >= 11 is 1.77. The van der Waals surface area contributed by atoms with E-state index in [1.165, 1.54) is 21.6 Å². The van der Waals surface area contributed by atoms with Crippen LogP contribution in [-0.4, -0.2) is 5.97 Å². The van der Waals surface area contributed by atoms with Crippen molar-refractivity contribution >= 4 is 35.0 Å². The summed E-state index contributed by atoms with van der Waals surface area (Å²) < 4.78 is 0. The van der Waals surface area contributed by atoms with E-state index in [1.54, 1.807) is 35.6 Å². The number of carboxylic acids is 1. The number of fused-ring (bicyclic) bond motifs is 1. The number of allylic oxidation sites excluding steroid dienone is 1. The Bertz CT molecular complexity index is 1070. The summed E-state index contributed by atoms with van der Waals surface area (Å²) in [7, 11) is 0. The van der Waals surface area contributed by atoms with Crippen molar-refractivity contribution in [1.82, 2.24) is 0 Å². The van der Waals surface area contributed by atoms with E-state index in [0.29, 0.717) is 0 Å². The lowest BCUT2D eigenvalue weighted by Gasteiger charge is -2.32. The van der Waals surface area contributed by atoms with Gasteiger partial charge in [-0.15, -0.1) is 11.3 Å². The maximum atomic E-state index is 10.9. The first kappa shape index (κ1) is 18.5. The highest BCUT2D eigenvalue weighted by atomic mass is 32.1. The van der Waals surface area contributed by atoms with Gasteiger partial charge in [0.25, 0.3) is 0 Å². The van der Waals surface area contributed by atoms with Crippen molar-refractivity contribution in [3.63, 3.8) is 0 Å². The monoisotopic (exact) mass is 385 g/mol. The first-order chi connectivity index (χ1) is 13.4. The first-order valence-electron chi connectivity index (χ1n) is 9.32. The van der Waals surface area contributed by atoms with Crippen molar-refractivity contribution < 1.29 is 9.90 Å². The quantitative estimate of drug-likeness (QED) is 0.565. The van der Waals surface area contributed by atoms with Gasteiger partial charge in [-0.05, 0) is 62.7 Å². The molecule has 140 valence electrons. The number of carbonyl (C=O) groups is 1. The predicted molar refractivity (Wildman–Crippen MR) is 115 cm³/mol. The Labute approximate surface area is 169 Å². The van der Waals surface area contributed by atoms with Crippen LogP contribution in [0.25, 0.3) is 17.7 Å². The molecule has 0 bridgehead atoms. The molecule has 0 aliphatic heterocycles.